The van der Waals surface area contributed by atoms with E-state index in [0.29, 0.717) is 31.2 Å². The number of nitrogens with zero attached hydrogens (tertiary/aromatic N) is 1. The van der Waals surface area contributed by atoms with E-state index in [1.165, 1.54) is 6.26 Å². The Hall–Kier alpha value is -1.07. The van der Waals surface area contributed by atoms with Crippen molar-refractivity contribution in [2.75, 3.05) is 31.6 Å². The van der Waals surface area contributed by atoms with Gasteiger partial charge in [-0.05, 0) is 44.9 Å². The Labute approximate surface area is 179 Å². The van der Waals surface area contributed by atoms with Crippen LogP contribution in [-0.4, -0.2) is 57.2 Å². The van der Waals surface area contributed by atoms with Crippen LogP contribution in [0.3, 0.4) is 0 Å². The molecule has 0 amide bonds. The fraction of sp³-hybridized carbons (Fsp3) is 0.611. The number of hydrogen-bond donors (Lipinski definition) is 3. The number of aliphatic imine (C=N–C) groups is 1. The molecule has 1 aromatic rings. The van der Waals surface area contributed by atoms with Gasteiger partial charge in [0.15, 0.2) is 5.96 Å². The maximum absolute atomic E-state index is 11.2. The molecular formula is C18H32IN3O4S. The molecule has 0 aliphatic heterocycles. The molecule has 0 radical (unpaired) electrons. The highest BCUT2D eigenvalue weighted by Gasteiger charge is 2.09. The molecule has 9 heteroatoms. The van der Waals surface area contributed by atoms with Gasteiger partial charge < -0.3 is 20.5 Å². The number of guanidine groups is 1. The average molecular weight is 513 g/mol. The van der Waals surface area contributed by atoms with E-state index >= 15 is 0 Å². The number of sulfone groups is 1. The molecule has 1 rings (SSSR count). The fourth-order valence-corrected chi connectivity index (χ4v) is 2.90. The number of aliphatic hydroxyl groups excluding tert-OH is 1. The topological polar surface area (TPSA) is 100 Å². The largest absolute Gasteiger partial charge is 0.491 e. The zero-order valence-electron chi connectivity index (χ0n) is 16.4. The van der Waals surface area contributed by atoms with E-state index in [1.54, 1.807) is 0 Å². The van der Waals surface area contributed by atoms with E-state index in [2.05, 4.69) is 15.6 Å². The highest BCUT2D eigenvalue weighted by atomic mass is 127. The van der Waals surface area contributed by atoms with Crippen molar-refractivity contribution in [3.63, 3.8) is 0 Å². The second kappa shape index (κ2) is 13.2. The number of benzene rings is 1. The quantitative estimate of drug-likeness (QED) is 0.192. The minimum absolute atomic E-state index is 0. The van der Waals surface area contributed by atoms with Crippen molar-refractivity contribution < 1.29 is 18.3 Å². The number of aliphatic hydroxyl groups is 1. The predicted octanol–water partition coefficient (Wildman–Crippen LogP) is 2.12. The lowest BCUT2D eigenvalue weighted by molar-refractivity contribution is 0.185. The van der Waals surface area contributed by atoms with Gasteiger partial charge >= 0.3 is 0 Å². The van der Waals surface area contributed by atoms with Crippen LogP contribution in [0.2, 0.25) is 0 Å². The number of halogens is 1. The molecular weight excluding hydrogens is 481 g/mol. The van der Waals surface area contributed by atoms with E-state index in [-0.39, 0.29) is 42.4 Å². The maximum Gasteiger partial charge on any atom is 0.191 e. The number of hydrogen-bond acceptors (Lipinski definition) is 5. The van der Waals surface area contributed by atoms with Crippen LogP contribution in [-0.2, 0) is 9.84 Å². The summed E-state index contributed by atoms with van der Waals surface area (Å²) in [6, 6.07) is 7.34. The van der Waals surface area contributed by atoms with Gasteiger partial charge in [-0.25, -0.2) is 8.42 Å². The molecule has 1 unspecified atom stereocenters. The summed E-state index contributed by atoms with van der Waals surface area (Å²) in [5, 5.41) is 16.5. The van der Waals surface area contributed by atoms with Crippen LogP contribution < -0.4 is 15.4 Å². The fourth-order valence-electron chi connectivity index (χ4n) is 2.23. The smallest absolute Gasteiger partial charge is 0.191 e. The van der Waals surface area contributed by atoms with Gasteiger partial charge in [0, 0.05) is 19.3 Å². The Bertz CT molecular complexity index is 681. The first kappa shape index (κ1) is 25.9. The Kier molecular flexibility index (Phi) is 12.6. The third kappa shape index (κ3) is 12.1. The van der Waals surface area contributed by atoms with Crippen molar-refractivity contribution >= 4 is 39.8 Å². The SMILES string of the molecule is CCNC(=NCC(O)c1cccc(OC(C)C)c1)NCCCS(C)(=O)=O.I. The van der Waals surface area contributed by atoms with Gasteiger partial charge in [0.05, 0.1) is 24.5 Å². The third-order valence-electron chi connectivity index (χ3n) is 3.37. The van der Waals surface area contributed by atoms with E-state index in [4.69, 9.17) is 4.74 Å². The number of nitrogens with one attached hydrogen (secondary N) is 2. The molecule has 27 heavy (non-hydrogen) atoms. The molecule has 0 aliphatic rings. The van der Waals surface area contributed by atoms with E-state index in [1.807, 2.05) is 45.0 Å². The summed E-state index contributed by atoms with van der Waals surface area (Å²) in [5.74, 6) is 1.39. The van der Waals surface area contributed by atoms with Crippen molar-refractivity contribution in [3.8, 4) is 5.75 Å². The summed E-state index contributed by atoms with van der Waals surface area (Å²) in [6.07, 6.45) is 1.04. The first-order chi connectivity index (χ1) is 12.2. The first-order valence-electron chi connectivity index (χ1n) is 8.86. The molecule has 0 aromatic heterocycles. The summed E-state index contributed by atoms with van der Waals surface area (Å²) in [6.45, 7) is 7.19. The average Bonchev–Trinajstić information content (AvgIpc) is 2.54. The molecule has 0 spiro atoms. The van der Waals surface area contributed by atoms with Gasteiger partial charge in [-0.3, -0.25) is 4.99 Å². The van der Waals surface area contributed by atoms with Crippen LogP contribution in [0.1, 0.15) is 38.9 Å². The number of rotatable bonds is 10. The van der Waals surface area contributed by atoms with Crippen LogP contribution in [0, 0.1) is 0 Å². The minimum Gasteiger partial charge on any atom is -0.491 e. The lowest BCUT2D eigenvalue weighted by atomic mass is 10.1. The Balaban J connectivity index is 0.00000676. The van der Waals surface area contributed by atoms with E-state index in [0.717, 1.165) is 5.56 Å². The molecule has 0 saturated heterocycles. The third-order valence-corrected chi connectivity index (χ3v) is 4.40. The summed E-state index contributed by atoms with van der Waals surface area (Å²) >= 11 is 0. The van der Waals surface area contributed by atoms with Gasteiger partial charge in [-0.15, -0.1) is 24.0 Å². The normalized spacial score (nSPS) is 13.0. The first-order valence-corrected chi connectivity index (χ1v) is 10.9. The molecule has 3 N–H and O–H groups in total. The van der Waals surface area contributed by atoms with Gasteiger partial charge in [0.25, 0.3) is 0 Å². The monoisotopic (exact) mass is 513 g/mol. The van der Waals surface area contributed by atoms with Gasteiger partial charge in [-0.2, -0.15) is 0 Å². The van der Waals surface area contributed by atoms with E-state index < -0.39 is 15.9 Å². The molecule has 0 aliphatic carbocycles. The maximum atomic E-state index is 11.2. The van der Waals surface area contributed by atoms with E-state index in [9.17, 15) is 13.5 Å². The van der Waals surface area contributed by atoms with Crippen LogP contribution >= 0.6 is 24.0 Å². The summed E-state index contributed by atoms with van der Waals surface area (Å²) in [7, 11) is -2.96. The van der Waals surface area contributed by atoms with Crippen molar-refractivity contribution in [2.24, 2.45) is 4.99 Å². The van der Waals surface area contributed by atoms with Gasteiger partial charge in [0.1, 0.15) is 15.6 Å². The van der Waals surface area contributed by atoms with Crippen LogP contribution in [0.25, 0.3) is 0 Å². The van der Waals surface area contributed by atoms with Crippen molar-refractivity contribution in [3.05, 3.63) is 29.8 Å². The second-order valence-corrected chi connectivity index (χ2v) is 8.64. The minimum atomic E-state index is -2.96. The molecule has 0 heterocycles. The standard InChI is InChI=1S/C18H31N3O4S.HI/c1-5-19-18(20-10-7-11-26(4,23)24)21-13-17(22)15-8-6-9-16(12-15)25-14(2)3;/h6,8-9,12,14,17,22H,5,7,10-11,13H2,1-4H3,(H2,19,20,21);1H. The highest BCUT2D eigenvalue weighted by Crippen LogP contribution is 2.20. The molecule has 0 fully saturated rings. The second-order valence-electron chi connectivity index (χ2n) is 6.38. The lowest BCUT2D eigenvalue weighted by Crippen LogP contribution is -2.38. The van der Waals surface area contributed by atoms with Crippen molar-refractivity contribution in [1.82, 2.24) is 10.6 Å². The van der Waals surface area contributed by atoms with Crippen LogP contribution in [0.4, 0.5) is 0 Å². The van der Waals surface area contributed by atoms with Gasteiger partial charge in [-0.1, -0.05) is 12.1 Å². The van der Waals surface area contributed by atoms with Crippen LogP contribution in [0.5, 0.6) is 5.75 Å². The molecule has 7 nitrogen and oxygen atoms in total. The Morgan fingerprint density at radius 2 is 2.00 bits per heavy atom. The van der Waals surface area contributed by atoms with Crippen molar-refractivity contribution in [2.45, 2.75) is 39.4 Å². The van der Waals surface area contributed by atoms with Crippen molar-refractivity contribution in [1.29, 1.82) is 0 Å². The zero-order valence-corrected chi connectivity index (χ0v) is 19.6. The summed E-state index contributed by atoms with van der Waals surface area (Å²) < 4.78 is 27.9. The summed E-state index contributed by atoms with van der Waals surface area (Å²) in [5.41, 5.74) is 0.736. The highest BCUT2D eigenvalue weighted by molar-refractivity contribution is 14.0. The molecule has 1 atom stereocenters. The molecule has 0 bridgehead atoms. The Morgan fingerprint density at radius 3 is 2.59 bits per heavy atom. The zero-order chi connectivity index (χ0) is 19.6. The predicted molar refractivity (Wildman–Crippen MR) is 121 cm³/mol. The molecule has 156 valence electrons. The van der Waals surface area contributed by atoms with Gasteiger partial charge in [0.2, 0.25) is 0 Å². The van der Waals surface area contributed by atoms with Crippen LogP contribution in [0.15, 0.2) is 29.3 Å². The Morgan fingerprint density at radius 1 is 1.30 bits per heavy atom. The molecule has 0 saturated carbocycles. The molecule has 1 aromatic carbocycles. The summed E-state index contributed by atoms with van der Waals surface area (Å²) in [4.78, 5) is 4.37. The lowest BCUT2D eigenvalue weighted by Gasteiger charge is -2.15. The number of ether oxygens (including phenoxy) is 1.